The topological polar surface area (TPSA) is 91.0 Å². The van der Waals surface area contributed by atoms with E-state index in [1.165, 1.54) is 0 Å². The summed E-state index contributed by atoms with van der Waals surface area (Å²) in [5.74, 6) is 0.325. The molecule has 0 saturated carbocycles. The molecule has 9 heteroatoms. The van der Waals surface area contributed by atoms with Crippen molar-refractivity contribution in [1.29, 1.82) is 0 Å². The van der Waals surface area contributed by atoms with Gasteiger partial charge in [-0.05, 0) is 62.4 Å². The number of carbonyl (C=O) groups is 1. The molecule has 0 fully saturated rings. The van der Waals surface area contributed by atoms with Crippen LogP contribution in [-0.4, -0.2) is 32.6 Å². The Morgan fingerprint density at radius 3 is 2.39 bits per heavy atom. The van der Waals surface area contributed by atoms with E-state index in [1.54, 1.807) is 55.1 Å². The number of aromatic nitrogens is 4. The standard InChI is InChI=1S/C22H20ClN5O3/c1-13-21-20(14(2)28(26-21)17-8-4-15(23)5-9-17)22(30)27(25-13)12-19(29)24-16-6-10-18(31-3)11-7-16/h4-11H,12H2,1-3H3,(H,24,29). The van der Waals surface area contributed by atoms with Gasteiger partial charge in [-0.25, -0.2) is 9.36 Å². The van der Waals surface area contributed by atoms with Crippen LogP contribution in [0.5, 0.6) is 5.75 Å². The molecule has 0 radical (unpaired) electrons. The van der Waals surface area contributed by atoms with E-state index in [9.17, 15) is 9.59 Å². The summed E-state index contributed by atoms with van der Waals surface area (Å²) in [6.07, 6.45) is 0. The van der Waals surface area contributed by atoms with Crippen LogP contribution in [0.25, 0.3) is 16.6 Å². The molecule has 4 aromatic rings. The first-order valence-electron chi connectivity index (χ1n) is 9.54. The first kappa shape index (κ1) is 20.6. The van der Waals surface area contributed by atoms with Crippen LogP contribution in [0.4, 0.5) is 5.69 Å². The van der Waals surface area contributed by atoms with Gasteiger partial charge in [-0.15, -0.1) is 0 Å². The minimum Gasteiger partial charge on any atom is -0.497 e. The van der Waals surface area contributed by atoms with Crippen LogP contribution in [-0.2, 0) is 11.3 Å². The van der Waals surface area contributed by atoms with Crippen molar-refractivity contribution in [3.8, 4) is 11.4 Å². The van der Waals surface area contributed by atoms with Gasteiger partial charge in [-0.3, -0.25) is 9.59 Å². The smallest absolute Gasteiger partial charge is 0.278 e. The molecule has 0 unspecified atom stereocenters. The van der Waals surface area contributed by atoms with Crippen LogP contribution in [0, 0.1) is 13.8 Å². The lowest BCUT2D eigenvalue weighted by molar-refractivity contribution is -0.117. The minimum absolute atomic E-state index is 0.215. The highest BCUT2D eigenvalue weighted by molar-refractivity contribution is 6.30. The molecule has 0 atom stereocenters. The van der Waals surface area contributed by atoms with Gasteiger partial charge >= 0.3 is 0 Å². The number of methoxy groups -OCH3 is 1. The number of nitrogens with zero attached hydrogens (tertiary/aromatic N) is 4. The van der Waals surface area contributed by atoms with Crippen LogP contribution in [0.15, 0.2) is 53.3 Å². The average Bonchev–Trinajstić information content (AvgIpc) is 3.11. The van der Waals surface area contributed by atoms with Gasteiger partial charge < -0.3 is 10.1 Å². The zero-order chi connectivity index (χ0) is 22.1. The number of nitrogens with one attached hydrogen (secondary N) is 1. The van der Waals surface area contributed by atoms with Crippen molar-refractivity contribution in [2.75, 3.05) is 12.4 Å². The molecule has 2 aromatic carbocycles. The maximum Gasteiger partial charge on any atom is 0.278 e. The second-order valence-electron chi connectivity index (χ2n) is 7.02. The van der Waals surface area contributed by atoms with Crippen LogP contribution >= 0.6 is 11.6 Å². The third-order valence-electron chi connectivity index (χ3n) is 4.92. The number of halogens is 1. The molecular weight excluding hydrogens is 418 g/mol. The van der Waals surface area contributed by atoms with Crippen molar-refractivity contribution in [3.63, 3.8) is 0 Å². The van der Waals surface area contributed by atoms with E-state index >= 15 is 0 Å². The van der Waals surface area contributed by atoms with Crippen molar-refractivity contribution in [2.45, 2.75) is 20.4 Å². The molecule has 1 amide bonds. The van der Waals surface area contributed by atoms with Gasteiger partial charge in [0, 0.05) is 10.7 Å². The van der Waals surface area contributed by atoms with Crippen molar-refractivity contribution in [1.82, 2.24) is 19.6 Å². The van der Waals surface area contributed by atoms with Crippen molar-refractivity contribution in [3.05, 3.63) is 75.3 Å². The minimum atomic E-state index is -0.372. The van der Waals surface area contributed by atoms with Crippen molar-refractivity contribution >= 4 is 34.1 Å². The molecule has 31 heavy (non-hydrogen) atoms. The molecule has 8 nitrogen and oxygen atoms in total. The second-order valence-corrected chi connectivity index (χ2v) is 7.46. The summed E-state index contributed by atoms with van der Waals surface area (Å²) in [7, 11) is 1.57. The number of fused-ring (bicyclic) bond motifs is 1. The second kappa shape index (κ2) is 8.23. The lowest BCUT2D eigenvalue weighted by Crippen LogP contribution is -2.30. The Morgan fingerprint density at radius 1 is 1.06 bits per heavy atom. The average molecular weight is 438 g/mol. The highest BCUT2D eigenvalue weighted by Crippen LogP contribution is 2.21. The largest absolute Gasteiger partial charge is 0.497 e. The first-order valence-corrected chi connectivity index (χ1v) is 9.92. The molecule has 4 rings (SSSR count). The first-order chi connectivity index (χ1) is 14.9. The van der Waals surface area contributed by atoms with Crippen LogP contribution in [0.2, 0.25) is 5.02 Å². The van der Waals surface area contributed by atoms with E-state index in [4.69, 9.17) is 16.3 Å². The van der Waals surface area contributed by atoms with E-state index < -0.39 is 0 Å². The zero-order valence-electron chi connectivity index (χ0n) is 17.2. The molecule has 158 valence electrons. The normalized spacial score (nSPS) is 11.0. The summed E-state index contributed by atoms with van der Waals surface area (Å²) in [4.78, 5) is 25.6. The van der Waals surface area contributed by atoms with E-state index in [0.29, 0.717) is 38.8 Å². The van der Waals surface area contributed by atoms with E-state index in [-0.39, 0.29) is 18.0 Å². The Kier molecular flexibility index (Phi) is 5.48. The van der Waals surface area contributed by atoms with Crippen LogP contribution < -0.4 is 15.6 Å². The summed E-state index contributed by atoms with van der Waals surface area (Å²) >= 11 is 5.97. The molecule has 0 aliphatic carbocycles. The number of hydrogen-bond acceptors (Lipinski definition) is 5. The third kappa shape index (κ3) is 4.02. The summed E-state index contributed by atoms with van der Waals surface area (Å²) in [5.41, 5.74) is 2.73. The van der Waals surface area contributed by atoms with Crippen molar-refractivity contribution < 1.29 is 9.53 Å². The Hall–Kier alpha value is -3.65. The van der Waals surface area contributed by atoms with Gasteiger partial charge in [0.1, 0.15) is 17.8 Å². The van der Waals surface area contributed by atoms with Crippen LogP contribution in [0.1, 0.15) is 11.4 Å². The van der Waals surface area contributed by atoms with Gasteiger partial charge in [0.25, 0.3) is 5.56 Å². The number of benzene rings is 2. The highest BCUT2D eigenvalue weighted by Gasteiger charge is 2.18. The Labute approximate surface area is 183 Å². The fourth-order valence-corrected chi connectivity index (χ4v) is 3.49. The van der Waals surface area contributed by atoms with Gasteiger partial charge in [0.05, 0.1) is 29.6 Å². The number of amides is 1. The van der Waals surface area contributed by atoms with Gasteiger partial charge in [-0.1, -0.05) is 11.6 Å². The highest BCUT2D eigenvalue weighted by atomic mass is 35.5. The van der Waals surface area contributed by atoms with E-state index in [1.807, 2.05) is 19.1 Å². The summed E-state index contributed by atoms with van der Waals surface area (Å²) in [6, 6.07) is 14.1. The van der Waals surface area contributed by atoms with E-state index in [0.717, 1.165) is 10.4 Å². The summed E-state index contributed by atoms with van der Waals surface area (Å²) in [6.45, 7) is 3.36. The molecule has 0 spiro atoms. The zero-order valence-corrected chi connectivity index (χ0v) is 18.0. The predicted octanol–water partition coefficient (Wildman–Crippen LogP) is 3.50. The molecular formula is C22H20ClN5O3. The number of carbonyl (C=O) groups excluding carboxylic acids is 1. The number of ether oxygens (including phenoxy) is 1. The lowest BCUT2D eigenvalue weighted by Gasteiger charge is -2.08. The number of anilines is 1. The quantitative estimate of drug-likeness (QED) is 0.516. The van der Waals surface area contributed by atoms with Gasteiger partial charge in [-0.2, -0.15) is 10.2 Å². The Bertz CT molecular complexity index is 1320. The molecule has 0 aliphatic rings. The van der Waals surface area contributed by atoms with Gasteiger partial charge in [0.2, 0.25) is 5.91 Å². The molecule has 0 bridgehead atoms. The third-order valence-corrected chi connectivity index (χ3v) is 5.17. The fourth-order valence-electron chi connectivity index (χ4n) is 3.37. The molecule has 0 aliphatic heterocycles. The van der Waals surface area contributed by atoms with Gasteiger partial charge in [0.15, 0.2) is 0 Å². The maximum absolute atomic E-state index is 13.1. The SMILES string of the molecule is COc1ccc(NC(=O)Cn2nc(C)c3nn(-c4ccc(Cl)cc4)c(C)c3c2=O)cc1. The Balaban J connectivity index is 1.66. The molecule has 2 heterocycles. The fraction of sp³-hybridized carbons (Fsp3) is 0.182. The lowest BCUT2D eigenvalue weighted by atomic mass is 10.2. The number of hydrogen-bond donors (Lipinski definition) is 1. The monoisotopic (exact) mass is 437 g/mol. The Morgan fingerprint density at radius 2 is 1.74 bits per heavy atom. The molecule has 1 N–H and O–H groups in total. The summed E-state index contributed by atoms with van der Waals surface area (Å²) < 4.78 is 7.95. The maximum atomic E-state index is 13.1. The summed E-state index contributed by atoms with van der Waals surface area (Å²) in [5, 5.41) is 12.7. The molecule has 2 aromatic heterocycles. The number of rotatable bonds is 5. The van der Waals surface area contributed by atoms with Crippen LogP contribution in [0.3, 0.4) is 0 Å². The van der Waals surface area contributed by atoms with Crippen molar-refractivity contribution in [2.24, 2.45) is 0 Å². The molecule has 0 saturated heterocycles. The number of aryl methyl sites for hydroxylation is 2. The van der Waals surface area contributed by atoms with E-state index in [2.05, 4.69) is 15.5 Å². The predicted molar refractivity (Wildman–Crippen MR) is 119 cm³/mol.